The molecule has 0 radical (unpaired) electrons. The van der Waals surface area contributed by atoms with Crippen molar-refractivity contribution in [2.24, 2.45) is 5.73 Å². The number of ether oxygens (including phenoxy) is 1. The normalized spacial score (nSPS) is 14.9. The van der Waals surface area contributed by atoms with Crippen LogP contribution in [0.3, 0.4) is 0 Å². The third-order valence-electron chi connectivity index (χ3n) is 6.37. The molecule has 11 heteroatoms. The Kier molecular flexibility index (Phi) is 7.26. The smallest absolute Gasteiger partial charge is 0.205 e. The highest BCUT2D eigenvalue weighted by molar-refractivity contribution is 6.36. The van der Waals surface area contributed by atoms with Gasteiger partial charge in [0.1, 0.15) is 11.9 Å². The first-order valence-corrected chi connectivity index (χ1v) is 12.6. The molecule has 3 aromatic heterocycles. The summed E-state index contributed by atoms with van der Waals surface area (Å²) in [5.41, 5.74) is 14.0. The highest BCUT2D eigenvalue weighted by atomic mass is 35.5. The summed E-state index contributed by atoms with van der Waals surface area (Å²) >= 11 is 12.5. The Balaban J connectivity index is 1.60. The first kappa shape index (κ1) is 25.4. The molecule has 1 aromatic carbocycles. The molecule has 5 rings (SSSR count). The van der Waals surface area contributed by atoms with Crippen molar-refractivity contribution in [1.29, 1.82) is 0 Å². The highest BCUT2D eigenvalue weighted by Crippen LogP contribution is 2.43. The monoisotopic (exact) mass is 542 g/mol. The molecule has 0 spiro atoms. The summed E-state index contributed by atoms with van der Waals surface area (Å²) in [7, 11) is 0. The molecule has 1 aliphatic heterocycles. The largest absolute Gasteiger partial charge is 0.478 e. The lowest BCUT2D eigenvalue weighted by Gasteiger charge is -2.22. The molecule has 4 heterocycles. The van der Waals surface area contributed by atoms with Crippen LogP contribution in [0.15, 0.2) is 35.1 Å². The molecule has 1 saturated heterocycles. The number of furan rings is 1. The number of piperidine rings is 1. The van der Waals surface area contributed by atoms with Gasteiger partial charge >= 0.3 is 0 Å². The van der Waals surface area contributed by atoms with E-state index in [9.17, 15) is 4.39 Å². The van der Waals surface area contributed by atoms with Crippen molar-refractivity contribution in [1.82, 2.24) is 20.1 Å². The standard InChI is InChI=1S/C26H25Cl2FN6O2/c1-14(21-18(27)4-5-19(29)23(21)28)36-25-24-17(12-33-26(25)31)22(20(37-24)3-2-8-30)15-11-34-35(13-15)16-6-9-32-10-7-16/h4-5,11-14,16,32H,6-10,30H2,1H3,(H2,31,33)/t14-/m1/s1. The molecule has 1 atom stereocenters. The topological polar surface area (TPSA) is 117 Å². The van der Waals surface area contributed by atoms with Crippen molar-refractivity contribution in [3.63, 3.8) is 0 Å². The van der Waals surface area contributed by atoms with Gasteiger partial charge in [0.15, 0.2) is 17.2 Å². The van der Waals surface area contributed by atoms with Gasteiger partial charge in [0, 0.05) is 34.1 Å². The van der Waals surface area contributed by atoms with E-state index in [1.807, 2.05) is 10.9 Å². The number of fused-ring (bicyclic) bond motifs is 1. The number of hydrogen-bond acceptors (Lipinski definition) is 7. The van der Waals surface area contributed by atoms with Crippen LogP contribution < -0.4 is 21.5 Å². The minimum absolute atomic E-state index is 0.0898. The zero-order valence-corrected chi connectivity index (χ0v) is 21.5. The molecule has 0 aliphatic carbocycles. The van der Waals surface area contributed by atoms with Crippen LogP contribution in [0, 0.1) is 17.7 Å². The van der Waals surface area contributed by atoms with Crippen molar-refractivity contribution in [3.05, 3.63) is 57.9 Å². The SMILES string of the molecule is C[C@@H](Oc1c(N)ncc2c(-c3cnn(C4CCNCC4)c3)c(C#CCN)oc12)c1c(Cl)ccc(F)c1Cl. The number of anilines is 1. The van der Waals surface area contributed by atoms with Gasteiger partial charge in [-0.15, -0.1) is 0 Å². The Morgan fingerprint density at radius 1 is 1.30 bits per heavy atom. The maximum atomic E-state index is 14.2. The van der Waals surface area contributed by atoms with Crippen LogP contribution in [-0.2, 0) is 0 Å². The third kappa shape index (κ3) is 4.86. The summed E-state index contributed by atoms with van der Waals surface area (Å²) < 4.78 is 28.5. The Hall–Kier alpha value is -3.29. The summed E-state index contributed by atoms with van der Waals surface area (Å²) in [6.45, 7) is 3.74. The minimum atomic E-state index is -0.764. The van der Waals surface area contributed by atoms with Crippen molar-refractivity contribution in [2.45, 2.75) is 31.9 Å². The van der Waals surface area contributed by atoms with Gasteiger partial charge < -0.3 is 25.9 Å². The average Bonchev–Trinajstić information content (AvgIpc) is 3.52. The van der Waals surface area contributed by atoms with Crippen molar-refractivity contribution >= 4 is 40.0 Å². The number of benzene rings is 1. The Labute approximate surface area is 223 Å². The minimum Gasteiger partial charge on any atom is -0.478 e. The van der Waals surface area contributed by atoms with E-state index in [1.165, 1.54) is 12.1 Å². The number of hydrogen-bond donors (Lipinski definition) is 3. The van der Waals surface area contributed by atoms with Crippen molar-refractivity contribution < 1.29 is 13.5 Å². The zero-order chi connectivity index (χ0) is 26.1. The fraction of sp³-hybridized carbons (Fsp3) is 0.308. The summed E-state index contributed by atoms with van der Waals surface area (Å²) in [4.78, 5) is 4.34. The maximum Gasteiger partial charge on any atom is 0.205 e. The molecule has 37 heavy (non-hydrogen) atoms. The molecular weight excluding hydrogens is 518 g/mol. The van der Waals surface area contributed by atoms with Crippen LogP contribution in [-0.4, -0.2) is 34.4 Å². The van der Waals surface area contributed by atoms with Crippen LogP contribution in [0.4, 0.5) is 10.2 Å². The van der Waals surface area contributed by atoms with E-state index in [4.69, 9.17) is 43.8 Å². The summed E-state index contributed by atoms with van der Waals surface area (Å²) in [5.74, 6) is 5.90. The molecule has 0 amide bonds. The van der Waals surface area contributed by atoms with Gasteiger partial charge in [-0.05, 0) is 50.9 Å². The molecular formula is C26H25Cl2FN6O2. The molecule has 8 nitrogen and oxygen atoms in total. The first-order chi connectivity index (χ1) is 17.9. The number of nitrogens with two attached hydrogens (primary N) is 2. The fourth-order valence-corrected chi connectivity index (χ4v) is 5.23. The van der Waals surface area contributed by atoms with E-state index in [-0.39, 0.29) is 33.7 Å². The van der Waals surface area contributed by atoms with E-state index in [0.717, 1.165) is 31.5 Å². The van der Waals surface area contributed by atoms with E-state index in [1.54, 1.807) is 19.3 Å². The first-order valence-electron chi connectivity index (χ1n) is 11.8. The van der Waals surface area contributed by atoms with E-state index < -0.39 is 11.9 Å². The van der Waals surface area contributed by atoms with Crippen molar-refractivity contribution in [3.8, 4) is 28.7 Å². The Morgan fingerprint density at radius 2 is 2.08 bits per heavy atom. The number of aromatic nitrogens is 3. The van der Waals surface area contributed by atoms with E-state index in [2.05, 4.69) is 27.2 Å². The number of pyridine rings is 1. The number of nitrogens with zero attached hydrogens (tertiary/aromatic N) is 3. The average molecular weight is 543 g/mol. The van der Waals surface area contributed by atoms with Crippen LogP contribution in [0.2, 0.25) is 10.0 Å². The van der Waals surface area contributed by atoms with Crippen molar-refractivity contribution in [2.75, 3.05) is 25.4 Å². The van der Waals surface area contributed by atoms with Crippen LogP contribution in [0.5, 0.6) is 5.75 Å². The van der Waals surface area contributed by atoms with Gasteiger partial charge in [-0.2, -0.15) is 5.10 Å². The molecule has 1 aliphatic rings. The molecule has 1 fully saturated rings. The third-order valence-corrected chi connectivity index (χ3v) is 7.09. The van der Waals surface area contributed by atoms with Crippen LogP contribution >= 0.6 is 23.2 Å². The fourth-order valence-electron chi connectivity index (χ4n) is 4.55. The van der Waals surface area contributed by atoms with Gasteiger partial charge in [-0.1, -0.05) is 29.1 Å². The van der Waals surface area contributed by atoms with Gasteiger partial charge in [0.05, 0.1) is 29.2 Å². The molecule has 192 valence electrons. The quantitative estimate of drug-likeness (QED) is 0.237. The summed E-state index contributed by atoms with van der Waals surface area (Å²) in [5, 5.41) is 8.75. The molecule has 0 saturated carbocycles. The molecule has 4 aromatic rings. The van der Waals surface area contributed by atoms with Crippen LogP contribution in [0.25, 0.3) is 22.1 Å². The molecule has 0 unspecified atom stereocenters. The second-order valence-corrected chi connectivity index (χ2v) is 9.52. The Morgan fingerprint density at radius 3 is 2.84 bits per heavy atom. The molecule has 0 bridgehead atoms. The van der Waals surface area contributed by atoms with Crippen LogP contribution in [0.1, 0.15) is 43.2 Å². The number of nitrogens with one attached hydrogen (secondary N) is 1. The number of rotatable bonds is 5. The highest BCUT2D eigenvalue weighted by Gasteiger charge is 2.26. The zero-order valence-electron chi connectivity index (χ0n) is 20.0. The number of halogens is 3. The predicted octanol–water partition coefficient (Wildman–Crippen LogP) is 5.09. The van der Waals surface area contributed by atoms with E-state index in [0.29, 0.717) is 28.3 Å². The number of nitrogen functional groups attached to an aromatic ring is 1. The maximum absolute atomic E-state index is 14.2. The lowest BCUT2D eigenvalue weighted by Crippen LogP contribution is -2.29. The second-order valence-electron chi connectivity index (χ2n) is 8.73. The van der Waals surface area contributed by atoms with Gasteiger partial charge in [-0.3, -0.25) is 4.68 Å². The summed E-state index contributed by atoms with van der Waals surface area (Å²) in [6, 6.07) is 2.93. The second kappa shape index (κ2) is 10.6. The van der Waals surface area contributed by atoms with Gasteiger partial charge in [0.25, 0.3) is 0 Å². The lowest BCUT2D eigenvalue weighted by molar-refractivity contribution is 0.227. The predicted molar refractivity (Wildman–Crippen MR) is 142 cm³/mol. The van der Waals surface area contributed by atoms with E-state index >= 15 is 0 Å². The summed E-state index contributed by atoms with van der Waals surface area (Å²) in [6.07, 6.45) is 6.60. The van der Waals surface area contributed by atoms with Gasteiger partial charge in [0.2, 0.25) is 5.75 Å². The van der Waals surface area contributed by atoms with Gasteiger partial charge in [-0.25, -0.2) is 9.37 Å². The lowest BCUT2D eigenvalue weighted by atomic mass is 10.1. The Bertz CT molecular complexity index is 1520. The molecule has 5 N–H and O–H groups in total.